The second-order valence-corrected chi connectivity index (χ2v) is 14.4. The number of halogens is 3. The Bertz CT molecular complexity index is 1750. The van der Waals surface area contributed by atoms with Crippen LogP contribution in [0.15, 0.2) is 48.7 Å². The highest BCUT2D eigenvalue weighted by molar-refractivity contribution is 6.33. The molecule has 0 N–H and O–H groups in total. The molecule has 1 aliphatic carbocycles. The molecular weight excluding hydrogens is 645 g/mol. The number of aryl methyl sites for hydroxylation is 1. The predicted octanol–water partition coefficient (Wildman–Crippen LogP) is 7.21. The molecule has 12 heteroatoms. The number of ether oxygens (including phenoxy) is 1. The summed E-state index contributed by atoms with van der Waals surface area (Å²) in [6.07, 6.45) is 7.39. The minimum absolute atomic E-state index is 0.0120. The fraction of sp³-hybridized carbons (Fsp3) is 0.471. The van der Waals surface area contributed by atoms with E-state index in [2.05, 4.69) is 40.4 Å². The van der Waals surface area contributed by atoms with Gasteiger partial charge in [-0.2, -0.15) is 5.10 Å². The van der Waals surface area contributed by atoms with Gasteiger partial charge in [0.15, 0.2) is 0 Å². The van der Waals surface area contributed by atoms with Crippen LogP contribution in [0, 0.1) is 6.92 Å². The third kappa shape index (κ3) is 5.91. The van der Waals surface area contributed by atoms with Crippen molar-refractivity contribution in [1.29, 1.82) is 0 Å². The van der Waals surface area contributed by atoms with Gasteiger partial charge in [0, 0.05) is 53.7 Å². The van der Waals surface area contributed by atoms with Gasteiger partial charge in [-0.25, -0.2) is 9.36 Å². The number of carbonyl (C=O) groups excluding carboxylic acids is 1. The largest absolute Gasteiger partial charge is 0.487 e. The molecule has 2 aromatic carbocycles. The SMILES string of the molecule is Cc1nn(Cc2ccccc2Cl)c(Cl)c1C(=O)N1C[C@@H](C)N(Cc2cn([C@@H]3CC4(CCCC4)Oc4ccc(Cl)cc43)nn2)[C@@H](C)C1. The molecule has 1 saturated carbocycles. The number of rotatable bonds is 6. The van der Waals surface area contributed by atoms with Crippen molar-refractivity contribution in [2.24, 2.45) is 0 Å². The maximum atomic E-state index is 13.8. The van der Waals surface area contributed by atoms with E-state index in [4.69, 9.17) is 39.5 Å². The molecule has 4 aromatic rings. The first-order valence-electron chi connectivity index (χ1n) is 16.0. The molecular formula is C34H38Cl3N7O2. The average Bonchev–Trinajstić information content (AvgIpc) is 3.75. The summed E-state index contributed by atoms with van der Waals surface area (Å²) in [5, 5.41) is 15.5. The number of nitrogens with zero attached hydrogens (tertiary/aromatic N) is 7. The smallest absolute Gasteiger partial charge is 0.259 e. The van der Waals surface area contributed by atoms with Crippen molar-refractivity contribution in [1.82, 2.24) is 34.6 Å². The molecule has 3 atom stereocenters. The van der Waals surface area contributed by atoms with Crippen LogP contribution >= 0.6 is 34.8 Å². The van der Waals surface area contributed by atoms with E-state index in [1.54, 1.807) is 4.68 Å². The quantitative estimate of drug-likeness (QED) is 0.214. The van der Waals surface area contributed by atoms with Crippen LogP contribution in [0.25, 0.3) is 0 Å². The Morgan fingerprint density at radius 3 is 2.50 bits per heavy atom. The van der Waals surface area contributed by atoms with Crippen LogP contribution in [0.4, 0.5) is 0 Å². The first-order valence-corrected chi connectivity index (χ1v) is 17.1. The van der Waals surface area contributed by atoms with Crippen LogP contribution in [0.5, 0.6) is 5.75 Å². The van der Waals surface area contributed by atoms with Crippen LogP contribution in [0.2, 0.25) is 15.2 Å². The van der Waals surface area contributed by atoms with Crippen molar-refractivity contribution >= 4 is 40.7 Å². The van der Waals surface area contributed by atoms with Crippen molar-refractivity contribution in [3.8, 4) is 5.75 Å². The van der Waals surface area contributed by atoms with Gasteiger partial charge in [-0.15, -0.1) is 5.10 Å². The van der Waals surface area contributed by atoms with Gasteiger partial charge in [0.05, 0.1) is 35.7 Å². The molecule has 1 saturated heterocycles. The number of amides is 1. The van der Waals surface area contributed by atoms with Crippen LogP contribution < -0.4 is 4.74 Å². The first-order chi connectivity index (χ1) is 22.1. The van der Waals surface area contributed by atoms with Gasteiger partial charge in [0.1, 0.15) is 16.5 Å². The normalized spacial score (nSPS) is 22.7. The fourth-order valence-electron chi connectivity index (χ4n) is 7.58. The minimum atomic E-state index is -0.157. The highest BCUT2D eigenvalue weighted by Gasteiger charge is 2.44. The lowest BCUT2D eigenvalue weighted by Gasteiger charge is -2.44. The summed E-state index contributed by atoms with van der Waals surface area (Å²) in [7, 11) is 0. The maximum absolute atomic E-state index is 13.8. The van der Waals surface area contributed by atoms with E-state index < -0.39 is 0 Å². The van der Waals surface area contributed by atoms with Crippen molar-refractivity contribution in [2.45, 2.75) is 89.7 Å². The Morgan fingerprint density at radius 1 is 1.02 bits per heavy atom. The first kappa shape index (κ1) is 31.5. The lowest BCUT2D eigenvalue weighted by Crippen LogP contribution is -2.57. The van der Waals surface area contributed by atoms with Gasteiger partial charge < -0.3 is 9.64 Å². The van der Waals surface area contributed by atoms with Crippen molar-refractivity contribution in [3.63, 3.8) is 0 Å². The second kappa shape index (κ2) is 12.5. The molecule has 9 nitrogen and oxygen atoms in total. The number of fused-ring (bicyclic) bond motifs is 1. The maximum Gasteiger partial charge on any atom is 0.259 e. The monoisotopic (exact) mass is 681 g/mol. The number of aromatic nitrogens is 5. The summed E-state index contributed by atoms with van der Waals surface area (Å²) < 4.78 is 10.2. The molecule has 2 aromatic heterocycles. The number of piperazine rings is 1. The summed E-state index contributed by atoms with van der Waals surface area (Å²) >= 11 is 19.6. The molecule has 1 spiro atoms. The lowest BCUT2D eigenvalue weighted by molar-refractivity contribution is 0.0263. The molecule has 46 heavy (non-hydrogen) atoms. The zero-order valence-corrected chi connectivity index (χ0v) is 28.6. The molecule has 242 valence electrons. The van der Waals surface area contributed by atoms with Crippen molar-refractivity contribution in [3.05, 3.63) is 91.9 Å². The van der Waals surface area contributed by atoms with Crippen LogP contribution in [0.3, 0.4) is 0 Å². The Hall–Kier alpha value is -3.11. The summed E-state index contributed by atoms with van der Waals surface area (Å²) in [5.74, 6) is 0.794. The van der Waals surface area contributed by atoms with E-state index in [1.807, 2.05) is 59.0 Å². The fourth-order valence-corrected chi connectivity index (χ4v) is 8.27. The van der Waals surface area contributed by atoms with E-state index in [1.165, 1.54) is 12.8 Å². The third-order valence-corrected chi connectivity index (χ3v) is 10.9. The molecule has 0 radical (unpaired) electrons. The van der Waals surface area contributed by atoms with Gasteiger partial charge in [-0.05, 0) is 76.3 Å². The summed E-state index contributed by atoms with van der Waals surface area (Å²) in [4.78, 5) is 18.1. The number of benzene rings is 2. The minimum Gasteiger partial charge on any atom is -0.487 e. The average molecular weight is 683 g/mol. The highest BCUT2D eigenvalue weighted by Crippen LogP contribution is 2.48. The van der Waals surface area contributed by atoms with Gasteiger partial charge in [-0.1, -0.05) is 58.2 Å². The zero-order valence-electron chi connectivity index (χ0n) is 26.3. The molecule has 0 bridgehead atoms. The standard InChI is InChI=1S/C34H38Cl3N7O2/c1-21-16-41(33(45)31-23(3)39-44(32(31)37)18-24-8-4-5-9-28(24)36)17-22(2)42(21)19-26-20-43(40-38-26)29-15-34(12-6-7-13-34)46-30-11-10-25(35)14-27(29)30/h4-5,8-11,14,20-22,29H,6-7,12-13,15-19H2,1-3H3/t21-,22+,29-/m1/s1. The Kier molecular flexibility index (Phi) is 8.55. The van der Waals surface area contributed by atoms with Gasteiger partial charge >= 0.3 is 0 Å². The van der Waals surface area contributed by atoms with Crippen LogP contribution in [-0.2, 0) is 13.1 Å². The number of hydrogen-bond donors (Lipinski definition) is 0. The van der Waals surface area contributed by atoms with E-state index in [-0.39, 0.29) is 29.6 Å². The number of carbonyl (C=O) groups is 1. The van der Waals surface area contributed by atoms with Crippen molar-refractivity contribution in [2.75, 3.05) is 13.1 Å². The molecule has 1 amide bonds. The second-order valence-electron chi connectivity index (χ2n) is 13.2. The molecule has 0 unspecified atom stereocenters. The van der Waals surface area contributed by atoms with Crippen LogP contribution in [-0.4, -0.2) is 71.3 Å². The van der Waals surface area contributed by atoms with E-state index in [0.29, 0.717) is 52.6 Å². The molecule has 7 rings (SSSR count). The lowest BCUT2D eigenvalue weighted by atomic mass is 9.86. The van der Waals surface area contributed by atoms with Gasteiger partial charge in [-0.3, -0.25) is 9.69 Å². The Morgan fingerprint density at radius 2 is 1.76 bits per heavy atom. The molecule has 3 aliphatic rings. The van der Waals surface area contributed by atoms with E-state index >= 15 is 0 Å². The molecule has 2 fully saturated rings. The Balaban J connectivity index is 1.05. The number of hydrogen-bond acceptors (Lipinski definition) is 6. The topological polar surface area (TPSA) is 81.3 Å². The molecule has 4 heterocycles. The van der Waals surface area contributed by atoms with Gasteiger partial charge in [0.2, 0.25) is 0 Å². The summed E-state index contributed by atoms with van der Waals surface area (Å²) in [6, 6.07) is 13.7. The zero-order chi connectivity index (χ0) is 32.2. The third-order valence-electron chi connectivity index (χ3n) is 9.91. The van der Waals surface area contributed by atoms with Gasteiger partial charge in [0.25, 0.3) is 5.91 Å². The van der Waals surface area contributed by atoms with E-state index in [0.717, 1.165) is 41.8 Å². The summed E-state index contributed by atoms with van der Waals surface area (Å²) in [5.41, 5.74) is 3.74. The molecule has 2 aliphatic heterocycles. The predicted molar refractivity (Wildman–Crippen MR) is 179 cm³/mol. The van der Waals surface area contributed by atoms with E-state index in [9.17, 15) is 4.79 Å². The van der Waals surface area contributed by atoms with Crippen LogP contribution in [0.1, 0.15) is 84.9 Å². The Labute approximate surface area is 284 Å². The highest BCUT2D eigenvalue weighted by atomic mass is 35.5. The summed E-state index contributed by atoms with van der Waals surface area (Å²) in [6.45, 7) is 8.28. The van der Waals surface area contributed by atoms with Crippen molar-refractivity contribution < 1.29 is 9.53 Å².